The molecule has 3 aliphatic heterocycles. The molecule has 11 nitrogen and oxygen atoms in total. The minimum absolute atomic E-state index is 0.593. The largest absolute Gasteiger partial charge is 0.381 e. The summed E-state index contributed by atoms with van der Waals surface area (Å²) < 4.78 is 15.2. The molecule has 0 bridgehead atoms. The van der Waals surface area contributed by atoms with E-state index >= 15 is 0 Å². The lowest BCUT2D eigenvalue weighted by Crippen LogP contribution is -2.42. The number of fused-ring (bicyclic) bond motifs is 2. The molecule has 11 heteroatoms. The summed E-state index contributed by atoms with van der Waals surface area (Å²) in [4.78, 5) is 24.9. The van der Waals surface area contributed by atoms with Gasteiger partial charge in [-0.25, -0.2) is 14.5 Å². The molecule has 3 aromatic heterocycles. The van der Waals surface area contributed by atoms with E-state index in [4.69, 9.17) is 29.4 Å². The minimum Gasteiger partial charge on any atom is -0.381 e. The highest BCUT2D eigenvalue weighted by atomic mass is 16.5. The number of anilines is 2. The van der Waals surface area contributed by atoms with Gasteiger partial charge in [0.1, 0.15) is 5.82 Å². The van der Waals surface area contributed by atoms with Crippen LogP contribution in [-0.2, 0) is 23.1 Å². The number of rotatable bonds is 6. The van der Waals surface area contributed by atoms with E-state index in [1.807, 2.05) is 29.8 Å². The Bertz CT molecular complexity index is 1450. The van der Waals surface area contributed by atoms with E-state index in [-0.39, 0.29) is 0 Å². The van der Waals surface area contributed by atoms with Crippen molar-refractivity contribution in [3.8, 4) is 5.95 Å². The number of nitrogens with zero attached hydrogens (tertiary/aromatic N) is 8. The average molecular weight is 518 g/mol. The molecular weight excluding hydrogens is 482 g/mol. The Morgan fingerprint density at radius 2 is 1.71 bits per heavy atom. The fraction of sp³-hybridized carbons (Fsp3) is 0.556. The van der Waals surface area contributed by atoms with Gasteiger partial charge in [0, 0.05) is 33.1 Å². The van der Waals surface area contributed by atoms with Gasteiger partial charge in [-0.2, -0.15) is 9.97 Å². The van der Waals surface area contributed by atoms with Crippen molar-refractivity contribution in [2.45, 2.75) is 19.4 Å². The lowest BCUT2D eigenvalue weighted by atomic mass is 9.83. The van der Waals surface area contributed by atoms with Crippen molar-refractivity contribution < 1.29 is 9.47 Å². The molecule has 1 aromatic carbocycles. The highest BCUT2D eigenvalue weighted by molar-refractivity contribution is 5.86. The van der Waals surface area contributed by atoms with Crippen LogP contribution in [0.1, 0.15) is 18.7 Å². The van der Waals surface area contributed by atoms with Crippen molar-refractivity contribution in [1.29, 1.82) is 0 Å². The summed E-state index contributed by atoms with van der Waals surface area (Å²) in [6.45, 7) is 7.82. The number of hydrogen-bond donors (Lipinski definition) is 1. The second-order valence-corrected chi connectivity index (χ2v) is 10.6. The second kappa shape index (κ2) is 9.79. The van der Waals surface area contributed by atoms with Crippen LogP contribution in [-0.4, -0.2) is 93.6 Å². The Morgan fingerprint density at radius 3 is 2.45 bits per heavy atom. The molecule has 38 heavy (non-hydrogen) atoms. The van der Waals surface area contributed by atoms with E-state index in [9.17, 15) is 0 Å². The highest BCUT2D eigenvalue weighted by Crippen LogP contribution is 2.32. The maximum atomic E-state index is 5.65. The minimum atomic E-state index is 0.593. The molecular formula is C27H35N9O2. The van der Waals surface area contributed by atoms with E-state index in [2.05, 4.69) is 32.8 Å². The molecule has 0 radical (unpaired) electrons. The van der Waals surface area contributed by atoms with Gasteiger partial charge in [-0.15, -0.1) is 0 Å². The predicted molar refractivity (Wildman–Crippen MR) is 146 cm³/mol. The van der Waals surface area contributed by atoms with Gasteiger partial charge in [-0.3, -0.25) is 4.90 Å². The third kappa shape index (κ3) is 4.09. The summed E-state index contributed by atoms with van der Waals surface area (Å²) in [5, 5.41) is 3.23. The van der Waals surface area contributed by atoms with Crippen LogP contribution in [0.2, 0.25) is 0 Å². The van der Waals surface area contributed by atoms with Gasteiger partial charge in [0.15, 0.2) is 17.0 Å². The summed E-state index contributed by atoms with van der Waals surface area (Å²) in [5.74, 6) is 4.75. The van der Waals surface area contributed by atoms with E-state index in [0.717, 1.165) is 91.6 Å². The number of morpholine rings is 1. The first-order valence-corrected chi connectivity index (χ1v) is 13.7. The van der Waals surface area contributed by atoms with E-state index in [0.29, 0.717) is 25.1 Å². The lowest BCUT2D eigenvalue weighted by molar-refractivity contribution is -0.0727. The van der Waals surface area contributed by atoms with Gasteiger partial charge in [0.25, 0.3) is 0 Å². The number of piperidine rings is 1. The maximum absolute atomic E-state index is 5.65. The maximum Gasteiger partial charge on any atom is 0.241 e. The Balaban J connectivity index is 1.28. The molecule has 6 heterocycles. The number of para-hydroxylation sites is 2. The molecule has 7 rings (SSSR count). The number of ether oxygens (including phenoxy) is 2. The third-order valence-electron chi connectivity index (χ3n) is 8.40. The van der Waals surface area contributed by atoms with Crippen LogP contribution in [0.15, 0.2) is 24.3 Å². The number of nitrogens with one attached hydrogen (secondary N) is 1. The quantitative estimate of drug-likeness (QED) is 0.413. The van der Waals surface area contributed by atoms with Crippen molar-refractivity contribution in [2.24, 2.45) is 18.9 Å². The molecule has 0 saturated carbocycles. The molecule has 4 aromatic rings. The normalized spacial score (nSPS) is 19.9. The SMILES string of the molecule is CNc1nc2ccccc2n1-c1nc(N2CCOCC2)c2nc(CN3CCC(C4COC4)CC3)n(C)c2n1. The van der Waals surface area contributed by atoms with Crippen molar-refractivity contribution in [1.82, 2.24) is 34.0 Å². The Kier molecular flexibility index (Phi) is 6.13. The van der Waals surface area contributed by atoms with Crippen LogP contribution in [0.4, 0.5) is 11.8 Å². The number of hydrogen-bond acceptors (Lipinski definition) is 9. The molecule has 3 aliphatic rings. The summed E-state index contributed by atoms with van der Waals surface area (Å²) in [7, 11) is 3.95. The summed E-state index contributed by atoms with van der Waals surface area (Å²) >= 11 is 0. The average Bonchev–Trinajstić information content (AvgIpc) is 3.46. The zero-order chi connectivity index (χ0) is 25.6. The van der Waals surface area contributed by atoms with Gasteiger partial charge in [-0.1, -0.05) is 12.1 Å². The van der Waals surface area contributed by atoms with Gasteiger partial charge < -0.3 is 24.3 Å². The zero-order valence-electron chi connectivity index (χ0n) is 22.1. The molecule has 0 aliphatic carbocycles. The molecule has 0 spiro atoms. The first-order chi connectivity index (χ1) is 18.7. The van der Waals surface area contributed by atoms with Gasteiger partial charge in [0.05, 0.1) is 44.0 Å². The fourth-order valence-corrected chi connectivity index (χ4v) is 6.02. The molecule has 0 atom stereocenters. The number of benzene rings is 1. The highest BCUT2D eigenvalue weighted by Gasteiger charge is 2.32. The molecule has 0 amide bonds. The number of likely N-dealkylation sites (tertiary alicyclic amines) is 1. The second-order valence-electron chi connectivity index (χ2n) is 10.6. The summed E-state index contributed by atoms with van der Waals surface area (Å²) in [5.41, 5.74) is 3.56. The molecule has 1 N–H and O–H groups in total. The fourth-order valence-electron chi connectivity index (χ4n) is 6.02. The monoisotopic (exact) mass is 517 g/mol. The Hall–Kier alpha value is -3.28. The molecule has 3 fully saturated rings. The van der Waals surface area contributed by atoms with Crippen LogP contribution in [0.3, 0.4) is 0 Å². The van der Waals surface area contributed by atoms with E-state index < -0.39 is 0 Å². The van der Waals surface area contributed by atoms with Crippen molar-refractivity contribution in [3.63, 3.8) is 0 Å². The molecule has 0 unspecified atom stereocenters. The Labute approximate surface area is 221 Å². The lowest BCUT2D eigenvalue weighted by Gasteiger charge is -2.39. The zero-order valence-corrected chi connectivity index (χ0v) is 22.1. The van der Waals surface area contributed by atoms with Crippen LogP contribution in [0.5, 0.6) is 0 Å². The van der Waals surface area contributed by atoms with E-state index in [1.54, 1.807) is 0 Å². The molecule has 3 saturated heterocycles. The van der Waals surface area contributed by atoms with Gasteiger partial charge in [0.2, 0.25) is 11.9 Å². The van der Waals surface area contributed by atoms with Gasteiger partial charge in [-0.05, 0) is 44.0 Å². The van der Waals surface area contributed by atoms with E-state index in [1.165, 1.54) is 12.8 Å². The third-order valence-corrected chi connectivity index (χ3v) is 8.40. The number of aryl methyl sites for hydroxylation is 1. The Morgan fingerprint density at radius 1 is 0.921 bits per heavy atom. The van der Waals surface area contributed by atoms with Crippen LogP contribution < -0.4 is 10.2 Å². The van der Waals surface area contributed by atoms with Crippen LogP contribution in [0, 0.1) is 11.8 Å². The smallest absolute Gasteiger partial charge is 0.241 e. The van der Waals surface area contributed by atoms with Crippen molar-refractivity contribution >= 4 is 34.0 Å². The van der Waals surface area contributed by atoms with Crippen molar-refractivity contribution in [3.05, 3.63) is 30.1 Å². The predicted octanol–water partition coefficient (Wildman–Crippen LogP) is 2.44. The first-order valence-electron chi connectivity index (χ1n) is 13.7. The molecule has 200 valence electrons. The number of aromatic nitrogens is 6. The standard InChI is InChI=1S/C27H35N9O2/c1-28-26-29-20-5-3-4-6-21(20)36(26)27-31-24-23(25(32-27)35-11-13-37-14-12-35)30-22(33(24)2)15-34-9-7-18(8-10-34)19-16-38-17-19/h3-6,18-19H,7-17H2,1-2H3,(H,28,29). The number of imidazole rings is 2. The van der Waals surface area contributed by atoms with Crippen LogP contribution >= 0.6 is 0 Å². The van der Waals surface area contributed by atoms with Gasteiger partial charge >= 0.3 is 0 Å². The first kappa shape index (κ1) is 23.8. The van der Waals surface area contributed by atoms with Crippen LogP contribution in [0.25, 0.3) is 28.1 Å². The summed E-state index contributed by atoms with van der Waals surface area (Å²) in [6.07, 6.45) is 2.48. The van der Waals surface area contributed by atoms with Crippen molar-refractivity contribution in [2.75, 3.05) is 69.9 Å². The summed E-state index contributed by atoms with van der Waals surface area (Å²) in [6, 6.07) is 8.08. The topological polar surface area (TPSA) is 98.4 Å².